The number of likely N-dealkylation sites (tertiary alicyclic amines) is 1. The molecule has 2 heterocycles. The predicted molar refractivity (Wildman–Crippen MR) is 113 cm³/mol. The van der Waals surface area contributed by atoms with Gasteiger partial charge in [-0.25, -0.2) is 0 Å². The highest BCUT2D eigenvalue weighted by Crippen LogP contribution is 2.32. The first-order valence-electron chi connectivity index (χ1n) is 9.71. The molecular formula is C24H25N3O. The number of hydrogen-bond donors (Lipinski definition) is 1. The van der Waals surface area contributed by atoms with Crippen molar-refractivity contribution in [2.45, 2.75) is 26.4 Å². The first-order valence-corrected chi connectivity index (χ1v) is 9.71. The quantitative estimate of drug-likeness (QED) is 0.825. The minimum atomic E-state index is -0.0596. The van der Waals surface area contributed by atoms with E-state index in [0.717, 1.165) is 36.6 Å². The molecule has 1 fully saturated rings. The highest BCUT2D eigenvalue weighted by atomic mass is 16.2. The summed E-state index contributed by atoms with van der Waals surface area (Å²) in [5.74, 6) is 7.12. The van der Waals surface area contributed by atoms with E-state index in [2.05, 4.69) is 53.1 Å². The minimum absolute atomic E-state index is 0.0596. The molecule has 28 heavy (non-hydrogen) atoms. The zero-order valence-electron chi connectivity index (χ0n) is 16.4. The van der Waals surface area contributed by atoms with Crippen molar-refractivity contribution in [1.29, 1.82) is 0 Å². The van der Waals surface area contributed by atoms with Crippen LogP contribution in [0.4, 0.5) is 5.69 Å². The molecule has 4 rings (SSSR count). The Kier molecular flexibility index (Phi) is 4.93. The Morgan fingerprint density at radius 3 is 2.57 bits per heavy atom. The lowest BCUT2D eigenvalue weighted by molar-refractivity contribution is -0.133. The second-order valence-electron chi connectivity index (χ2n) is 7.54. The Balaban J connectivity index is 1.65. The Morgan fingerprint density at radius 1 is 1.14 bits per heavy atom. The van der Waals surface area contributed by atoms with Crippen LogP contribution in [-0.4, -0.2) is 29.9 Å². The zero-order chi connectivity index (χ0) is 19.7. The van der Waals surface area contributed by atoms with Crippen LogP contribution in [0.3, 0.4) is 0 Å². The van der Waals surface area contributed by atoms with Gasteiger partial charge < -0.3 is 15.5 Å². The number of carbonyl (C=O) groups is 1. The molecule has 4 heteroatoms. The molecule has 0 bridgehead atoms. The average molecular weight is 371 g/mol. The van der Waals surface area contributed by atoms with E-state index in [1.54, 1.807) is 6.92 Å². The van der Waals surface area contributed by atoms with Crippen molar-refractivity contribution in [1.82, 2.24) is 4.90 Å². The normalized spacial score (nSPS) is 17.0. The molecule has 2 aromatic carbocycles. The Hall–Kier alpha value is -3.03. The number of para-hydroxylation sites is 1. The van der Waals surface area contributed by atoms with Gasteiger partial charge in [0, 0.05) is 49.5 Å². The number of fused-ring (bicyclic) bond motifs is 1. The maximum absolute atomic E-state index is 11.3. The topological polar surface area (TPSA) is 49.6 Å². The fourth-order valence-corrected chi connectivity index (χ4v) is 3.75. The van der Waals surface area contributed by atoms with Crippen molar-refractivity contribution >= 4 is 17.7 Å². The SMILES string of the molecule is CC(=O)N1CC(C#Cc2cccc3c2CN(c2ccccc2)C([C@H](C)N)=C3)C1. The summed E-state index contributed by atoms with van der Waals surface area (Å²) in [6, 6.07) is 16.6. The van der Waals surface area contributed by atoms with E-state index in [9.17, 15) is 4.79 Å². The molecule has 1 atom stereocenters. The first kappa shape index (κ1) is 18.3. The van der Waals surface area contributed by atoms with Gasteiger partial charge in [-0.2, -0.15) is 0 Å². The highest BCUT2D eigenvalue weighted by molar-refractivity contribution is 5.74. The second kappa shape index (κ2) is 7.53. The number of nitrogens with zero attached hydrogens (tertiary/aromatic N) is 2. The molecule has 2 aliphatic rings. The molecule has 2 aliphatic heterocycles. The summed E-state index contributed by atoms with van der Waals surface area (Å²) in [4.78, 5) is 15.5. The molecule has 4 nitrogen and oxygen atoms in total. The molecule has 1 saturated heterocycles. The van der Waals surface area contributed by atoms with Gasteiger partial charge in [0.05, 0.1) is 5.92 Å². The third-order valence-electron chi connectivity index (χ3n) is 5.42. The minimum Gasteiger partial charge on any atom is -0.340 e. The Labute approximate surface area is 166 Å². The van der Waals surface area contributed by atoms with Crippen molar-refractivity contribution in [2.75, 3.05) is 18.0 Å². The third-order valence-corrected chi connectivity index (χ3v) is 5.42. The van der Waals surface area contributed by atoms with Crippen molar-refractivity contribution in [2.24, 2.45) is 11.7 Å². The summed E-state index contributed by atoms with van der Waals surface area (Å²) in [6.07, 6.45) is 2.18. The molecular weight excluding hydrogens is 346 g/mol. The summed E-state index contributed by atoms with van der Waals surface area (Å²) < 4.78 is 0. The first-order chi connectivity index (χ1) is 13.5. The smallest absolute Gasteiger partial charge is 0.219 e. The molecule has 0 aromatic heterocycles. The van der Waals surface area contributed by atoms with E-state index < -0.39 is 0 Å². The number of amides is 1. The van der Waals surface area contributed by atoms with Crippen LogP contribution in [-0.2, 0) is 11.3 Å². The molecule has 2 aromatic rings. The number of rotatable bonds is 2. The van der Waals surface area contributed by atoms with Crippen LogP contribution in [0.15, 0.2) is 54.2 Å². The lowest BCUT2D eigenvalue weighted by Gasteiger charge is -2.35. The van der Waals surface area contributed by atoms with E-state index in [-0.39, 0.29) is 17.9 Å². The van der Waals surface area contributed by atoms with Crippen molar-refractivity contribution in [3.8, 4) is 11.8 Å². The fourth-order valence-electron chi connectivity index (χ4n) is 3.75. The summed E-state index contributed by atoms with van der Waals surface area (Å²) in [6.45, 7) is 5.86. The monoisotopic (exact) mass is 371 g/mol. The average Bonchev–Trinajstić information content (AvgIpc) is 2.66. The molecule has 0 unspecified atom stereocenters. The molecule has 1 amide bonds. The van der Waals surface area contributed by atoms with Gasteiger partial charge in [-0.05, 0) is 42.3 Å². The maximum atomic E-state index is 11.3. The van der Waals surface area contributed by atoms with Crippen LogP contribution in [0.2, 0.25) is 0 Å². The van der Waals surface area contributed by atoms with Crippen molar-refractivity contribution < 1.29 is 4.79 Å². The van der Waals surface area contributed by atoms with Gasteiger partial charge >= 0.3 is 0 Å². The Bertz CT molecular complexity index is 976. The summed E-state index contributed by atoms with van der Waals surface area (Å²) in [5, 5.41) is 0. The number of hydrogen-bond acceptors (Lipinski definition) is 3. The number of benzene rings is 2. The molecule has 2 N–H and O–H groups in total. The molecule has 0 saturated carbocycles. The summed E-state index contributed by atoms with van der Waals surface area (Å²) in [7, 11) is 0. The second-order valence-corrected chi connectivity index (χ2v) is 7.54. The summed E-state index contributed by atoms with van der Waals surface area (Å²) in [5.41, 5.74) is 12.0. The molecule has 0 radical (unpaired) electrons. The van der Waals surface area contributed by atoms with Crippen LogP contribution in [0.5, 0.6) is 0 Å². The van der Waals surface area contributed by atoms with Gasteiger partial charge in [0.1, 0.15) is 0 Å². The van der Waals surface area contributed by atoms with Gasteiger partial charge in [0.2, 0.25) is 5.91 Å². The highest BCUT2D eigenvalue weighted by Gasteiger charge is 2.27. The van der Waals surface area contributed by atoms with Crippen molar-refractivity contribution in [3.63, 3.8) is 0 Å². The zero-order valence-corrected chi connectivity index (χ0v) is 16.4. The van der Waals surface area contributed by atoms with Crippen LogP contribution in [0, 0.1) is 17.8 Å². The van der Waals surface area contributed by atoms with E-state index >= 15 is 0 Å². The van der Waals surface area contributed by atoms with Crippen LogP contribution < -0.4 is 10.6 Å². The van der Waals surface area contributed by atoms with E-state index in [0.29, 0.717) is 0 Å². The molecule has 0 aliphatic carbocycles. The van der Waals surface area contributed by atoms with E-state index in [1.165, 1.54) is 11.1 Å². The van der Waals surface area contributed by atoms with Gasteiger partial charge in [-0.3, -0.25) is 4.79 Å². The number of carbonyl (C=O) groups excluding carboxylic acids is 1. The lowest BCUT2D eigenvalue weighted by Crippen LogP contribution is -2.48. The van der Waals surface area contributed by atoms with Gasteiger partial charge in [0.25, 0.3) is 0 Å². The standard InChI is InChI=1S/C24H25N3O/c1-17(25)24-13-21-8-6-7-20(12-11-19-14-26(15-19)18(2)28)23(21)16-27(24)22-9-4-3-5-10-22/h3-10,13,17,19H,14-16,25H2,1-2H3/t17-/m0/s1. The number of anilines is 1. The fraction of sp³-hybridized carbons (Fsp3) is 0.292. The van der Waals surface area contributed by atoms with E-state index in [1.807, 2.05) is 30.0 Å². The largest absolute Gasteiger partial charge is 0.340 e. The summed E-state index contributed by atoms with van der Waals surface area (Å²) >= 11 is 0. The van der Waals surface area contributed by atoms with Crippen LogP contribution >= 0.6 is 0 Å². The molecule has 142 valence electrons. The van der Waals surface area contributed by atoms with Gasteiger partial charge in [-0.1, -0.05) is 42.2 Å². The maximum Gasteiger partial charge on any atom is 0.219 e. The van der Waals surface area contributed by atoms with Gasteiger partial charge in [-0.15, -0.1) is 0 Å². The predicted octanol–water partition coefficient (Wildman–Crippen LogP) is 3.22. The molecule has 0 spiro atoms. The number of nitrogens with two attached hydrogens (primary N) is 1. The lowest BCUT2D eigenvalue weighted by atomic mass is 9.93. The Morgan fingerprint density at radius 2 is 1.89 bits per heavy atom. The van der Waals surface area contributed by atoms with Gasteiger partial charge in [0.15, 0.2) is 0 Å². The van der Waals surface area contributed by atoms with E-state index in [4.69, 9.17) is 5.73 Å². The third kappa shape index (κ3) is 3.54. The van der Waals surface area contributed by atoms with Crippen molar-refractivity contribution in [3.05, 3.63) is 70.9 Å². The van der Waals surface area contributed by atoms with Crippen LogP contribution in [0.25, 0.3) is 6.08 Å². The van der Waals surface area contributed by atoms with Crippen LogP contribution in [0.1, 0.15) is 30.5 Å².